The van der Waals surface area contributed by atoms with Crippen molar-refractivity contribution in [2.24, 2.45) is 0 Å². The molecule has 0 radical (unpaired) electrons. The minimum Gasteiger partial charge on any atom is -0.351 e. The number of piperidine rings is 1. The number of aromatic nitrogens is 1. The van der Waals surface area contributed by atoms with E-state index in [2.05, 4.69) is 22.5 Å². The Labute approximate surface area is 112 Å². The molecular formula is C15H19N3O. The van der Waals surface area contributed by atoms with Crippen molar-refractivity contribution in [2.75, 3.05) is 6.54 Å². The number of aromatic amines is 1. The number of hydrogen-bond donors (Lipinski definition) is 3. The van der Waals surface area contributed by atoms with E-state index < -0.39 is 0 Å². The summed E-state index contributed by atoms with van der Waals surface area (Å²) in [6.45, 7) is 3.13. The average Bonchev–Trinajstić information content (AvgIpc) is 2.82. The molecule has 3 N–H and O–H groups in total. The Morgan fingerprint density at radius 3 is 3.00 bits per heavy atom. The summed E-state index contributed by atoms with van der Waals surface area (Å²) in [5, 5.41) is 7.58. The minimum atomic E-state index is -0.00435. The largest absolute Gasteiger partial charge is 0.351 e. The summed E-state index contributed by atoms with van der Waals surface area (Å²) in [6.07, 6.45) is 1.99. The van der Waals surface area contributed by atoms with E-state index in [1.165, 1.54) is 0 Å². The predicted octanol–water partition coefficient (Wildman–Crippen LogP) is 2.04. The first-order valence-electron chi connectivity index (χ1n) is 6.84. The fraction of sp³-hybridized carbons (Fsp3) is 0.400. The second-order valence-electron chi connectivity index (χ2n) is 5.32. The van der Waals surface area contributed by atoms with Gasteiger partial charge in [0.25, 0.3) is 5.91 Å². The van der Waals surface area contributed by atoms with E-state index in [4.69, 9.17) is 0 Å². The van der Waals surface area contributed by atoms with E-state index in [-0.39, 0.29) is 11.9 Å². The number of carbonyl (C=O) groups excluding carboxylic acids is 1. The molecular weight excluding hydrogens is 238 g/mol. The Balaban J connectivity index is 1.72. The zero-order valence-corrected chi connectivity index (χ0v) is 11.1. The summed E-state index contributed by atoms with van der Waals surface area (Å²) in [4.78, 5) is 15.4. The Bertz CT molecular complexity index is 557. The van der Waals surface area contributed by atoms with Gasteiger partial charge in [-0.05, 0) is 38.4 Å². The monoisotopic (exact) mass is 257 g/mol. The van der Waals surface area contributed by atoms with Crippen molar-refractivity contribution in [3.05, 3.63) is 36.0 Å². The minimum absolute atomic E-state index is 0.00435. The molecule has 0 aliphatic carbocycles. The highest BCUT2D eigenvalue weighted by Gasteiger charge is 2.21. The topological polar surface area (TPSA) is 56.9 Å². The van der Waals surface area contributed by atoms with Crippen molar-refractivity contribution >= 4 is 16.8 Å². The van der Waals surface area contributed by atoms with Crippen molar-refractivity contribution in [2.45, 2.75) is 31.8 Å². The van der Waals surface area contributed by atoms with Gasteiger partial charge in [-0.1, -0.05) is 18.2 Å². The number of fused-ring (bicyclic) bond motifs is 1. The van der Waals surface area contributed by atoms with Gasteiger partial charge in [0.05, 0.1) is 0 Å². The van der Waals surface area contributed by atoms with Crippen molar-refractivity contribution < 1.29 is 4.79 Å². The number of benzene rings is 1. The van der Waals surface area contributed by atoms with Crippen molar-refractivity contribution in [3.63, 3.8) is 0 Å². The van der Waals surface area contributed by atoms with E-state index >= 15 is 0 Å². The second-order valence-corrected chi connectivity index (χ2v) is 5.32. The summed E-state index contributed by atoms with van der Waals surface area (Å²) in [5.74, 6) is -0.00435. The van der Waals surface area contributed by atoms with Crippen LogP contribution in [0.3, 0.4) is 0 Å². The summed E-state index contributed by atoms with van der Waals surface area (Å²) < 4.78 is 0. The number of nitrogens with one attached hydrogen (secondary N) is 3. The number of rotatable bonds is 2. The van der Waals surface area contributed by atoms with Gasteiger partial charge in [-0.25, -0.2) is 0 Å². The SMILES string of the molecule is CC1CC(NC(=O)c2cc3ccccc3[nH]2)CCN1. The fourth-order valence-electron chi connectivity index (χ4n) is 2.72. The molecule has 4 nitrogen and oxygen atoms in total. The third-order valence-corrected chi connectivity index (χ3v) is 3.73. The van der Waals surface area contributed by atoms with Crippen LogP contribution in [0, 0.1) is 0 Å². The number of H-pyrrole nitrogens is 1. The molecule has 19 heavy (non-hydrogen) atoms. The van der Waals surface area contributed by atoms with Crippen LogP contribution in [-0.2, 0) is 0 Å². The molecule has 1 aromatic carbocycles. The fourth-order valence-corrected chi connectivity index (χ4v) is 2.72. The van der Waals surface area contributed by atoms with Crippen LogP contribution in [0.25, 0.3) is 10.9 Å². The van der Waals surface area contributed by atoms with Crippen molar-refractivity contribution in [1.82, 2.24) is 15.6 Å². The lowest BCUT2D eigenvalue weighted by Crippen LogP contribution is -2.46. The Hall–Kier alpha value is -1.81. The number of hydrogen-bond acceptors (Lipinski definition) is 2. The third kappa shape index (κ3) is 2.63. The van der Waals surface area contributed by atoms with Crippen LogP contribution in [0.4, 0.5) is 0 Å². The summed E-state index contributed by atoms with van der Waals surface area (Å²) in [5.41, 5.74) is 1.65. The normalized spacial score (nSPS) is 23.4. The van der Waals surface area contributed by atoms with E-state index in [1.54, 1.807) is 0 Å². The maximum atomic E-state index is 12.2. The highest BCUT2D eigenvalue weighted by atomic mass is 16.1. The first-order chi connectivity index (χ1) is 9.22. The zero-order chi connectivity index (χ0) is 13.2. The lowest BCUT2D eigenvalue weighted by Gasteiger charge is -2.28. The molecule has 1 amide bonds. The van der Waals surface area contributed by atoms with Gasteiger partial charge in [0.1, 0.15) is 5.69 Å². The molecule has 0 bridgehead atoms. The summed E-state index contributed by atoms with van der Waals surface area (Å²) in [6, 6.07) is 10.6. The lowest BCUT2D eigenvalue weighted by atomic mass is 10.0. The van der Waals surface area contributed by atoms with E-state index in [0.717, 1.165) is 30.3 Å². The van der Waals surface area contributed by atoms with E-state index in [0.29, 0.717) is 11.7 Å². The van der Waals surface area contributed by atoms with Gasteiger partial charge >= 0.3 is 0 Å². The molecule has 4 heteroatoms. The smallest absolute Gasteiger partial charge is 0.267 e. The molecule has 3 rings (SSSR count). The summed E-state index contributed by atoms with van der Waals surface area (Å²) in [7, 11) is 0. The van der Waals surface area contributed by atoms with Crippen LogP contribution in [0.5, 0.6) is 0 Å². The highest BCUT2D eigenvalue weighted by molar-refractivity contribution is 5.98. The van der Waals surface area contributed by atoms with E-state index in [1.807, 2.05) is 30.3 Å². The van der Waals surface area contributed by atoms with Crippen LogP contribution in [0.1, 0.15) is 30.3 Å². The Morgan fingerprint density at radius 2 is 2.21 bits per heavy atom. The van der Waals surface area contributed by atoms with Crippen LogP contribution in [-0.4, -0.2) is 29.5 Å². The maximum absolute atomic E-state index is 12.2. The zero-order valence-electron chi connectivity index (χ0n) is 11.1. The molecule has 1 aliphatic heterocycles. The molecule has 2 atom stereocenters. The summed E-state index contributed by atoms with van der Waals surface area (Å²) >= 11 is 0. The van der Waals surface area contributed by atoms with Gasteiger partial charge in [0, 0.05) is 23.0 Å². The third-order valence-electron chi connectivity index (χ3n) is 3.73. The van der Waals surface area contributed by atoms with Gasteiger partial charge in [-0.3, -0.25) is 4.79 Å². The van der Waals surface area contributed by atoms with Crippen LogP contribution < -0.4 is 10.6 Å². The molecule has 0 saturated carbocycles. The maximum Gasteiger partial charge on any atom is 0.267 e. The lowest BCUT2D eigenvalue weighted by molar-refractivity contribution is 0.0921. The molecule has 2 aromatic rings. The second kappa shape index (κ2) is 5.05. The molecule has 1 saturated heterocycles. The molecule has 0 spiro atoms. The first kappa shape index (κ1) is 12.2. The molecule has 100 valence electrons. The predicted molar refractivity (Wildman–Crippen MR) is 76.3 cm³/mol. The Morgan fingerprint density at radius 1 is 1.37 bits per heavy atom. The molecule has 1 aliphatic rings. The van der Waals surface area contributed by atoms with Crippen molar-refractivity contribution in [3.8, 4) is 0 Å². The molecule has 2 heterocycles. The van der Waals surface area contributed by atoms with Crippen molar-refractivity contribution in [1.29, 1.82) is 0 Å². The number of para-hydroxylation sites is 1. The van der Waals surface area contributed by atoms with Crippen LogP contribution >= 0.6 is 0 Å². The standard InChI is InChI=1S/C15H19N3O/c1-10-8-12(6-7-16-10)17-15(19)14-9-11-4-2-3-5-13(11)18-14/h2-5,9-10,12,16,18H,6-8H2,1H3,(H,17,19). The first-order valence-corrected chi connectivity index (χ1v) is 6.84. The van der Waals surface area contributed by atoms with Crippen LogP contribution in [0.15, 0.2) is 30.3 Å². The van der Waals surface area contributed by atoms with Gasteiger partial charge in [-0.2, -0.15) is 0 Å². The number of carbonyl (C=O) groups is 1. The molecule has 2 unspecified atom stereocenters. The molecule has 1 aromatic heterocycles. The Kier molecular flexibility index (Phi) is 3.25. The quantitative estimate of drug-likeness (QED) is 0.771. The average molecular weight is 257 g/mol. The van der Waals surface area contributed by atoms with Gasteiger partial charge in [-0.15, -0.1) is 0 Å². The van der Waals surface area contributed by atoms with Gasteiger partial charge in [0.2, 0.25) is 0 Å². The highest BCUT2D eigenvalue weighted by Crippen LogP contribution is 2.15. The van der Waals surface area contributed by atoms with Gasteiger partial charge in [0.15, 0.2) is 0 Å². The molecule has 1 fully saturated rings. The van der Waals surface area contributed by atoms with Crippen LogP contribution in [0.2, 0.25) is 0 Å². The van der Waals surface area contributed by atoms with Gasteiger partial charge < -0.3 is 15.6 Å². The van der Waals surface area contributed by atoms with E-state index in [9.17, 15) is 4.79 Å². The number of amides is 1.